The van der Waals surface area contributed by atoms with Crippen molar-refractivity contribution in [1.29, 1.82) is 0 Å². The van der Waals surface area contributed by atoms with Gasteiger partial charge in [0, 0.05) is 0 Å². The Balaban J connectivity index is 2.91. The van der Waals surface area contributed by atoms with Crippen LogP contribution in [0.4, 0.5) is 0 Å². The molecule has 1 heterocycles. The number of hydrogen-bond donors (Lipinski definition) is 0. The van der Waals surface area contributed by atoms with Gasteiger partial charge >= 0.3 is 0 Å². The number of nitrogens with zero attached hydrogens (tertiary/aromatic N) is 2. The van der Waals surface area contributed by atoms with Crippen LogP contribution in [0.1, 0.15) is 39.2 Å². The highest BCUT2D eigenvalue weighted by atomic mass is 35.5. The maximum Gasteiger partial charge on any atom is 0.221 e. The first kappa shape index (κ1) is 12.2. The summed E-state index contributed by atoms with van der Waals surface area (Å²) in [5, 5.41) is 0.485. The molecule has 0 N–H and O–H groups in total. The molecule has 3 nitrogen and oxygen atoms in total. The van der Waals surface area contributed by atoms with Crippen molar-refractivity contribution in [3.05, 3.63) is 17.0 Å². The molecule has 0 aliphatic rings. The third-order valence-corrected chi connectivity index (χ3v) is 2.23. The zero-order valence-corrected chi connectivity index (χ0v) is 10.4. The van der Waals surface area contributed by atoms with Gasteiger partial charge in [-0.05, 0) is 11.8 Å². The molecule has 0 bridgehead atoms. The molecule has 0 radical (unpaired) electrons. The second-order valence-corrected chi connectivity index (χ2v) is 4.60. The summed E-state index contributed by atoms with van der Waals surface area (Å²) in [5.41, 5.74) is 0.889. The van der Waals surface area contributed by atoms with Crippen LogP contribution in [0, 0.1) is 5.92 Å². The summed E-state index contributed by atoms with van der Waals surface area (Å²) in [6.07, 6.45) is 1.43. The summed E-state index contributed by atoms with van der Waals surface area (Å²) in [6.45, 7) is 8.93. The first-order valence-electron chi connectivity index (χ1n) is 5.15. The number of rotatable bonds is 4. The Hall–Kier alpha value is -0.830. The Kier molecular flexibility index (Phi) is 4.33. The Bertz CT molecular complexity index is 326. The van der Waals surface area contributed by atoms with Crippen LogP contribution >= 0.6 is 11.6 Å². The van der Waals surface area contributed by atoms with E-state index >= 15 is 0 Å². The van der Waals surface area contributed by atoms with Crippen LogP contribution in [-0.2, 0) is 0 Å². The molecule has 0 unspecified atom stereocenters. The van der Waals surface area contributed by atoms with Gasteiger partial charge in [0.15, 0.2) is 0 Å². The molecule has 0 aliphatic carbocycles. The van der Waals surface area contributed by atoms with E-state index in [1.807, 2.05) is 13.8 Å². The van der Waals surface area contributed by atoms with Crippen molar-refractivity contribution < 1.29 is 4.74 Å². The van der Waals surface area contributed by atoms with E-state index < -0.39 is 0 Å². The van der Waals surface area contributed by atoms with E-state index in [1.54, 1.807) is 0 Å². The van der Waals surface area contributed by atoms with Gasteiger partial charge in [-0.25, -0.2) is 9.97 Å². The van der Waals surface area contributed by atoms with E-state index in [2.05, 4.69) is 23.8 Å². The Morgan fingerprint density at radius 3 is 2.47 bits per heavy atom. The van der Waals surface area contributed by atoms with Crippen LogP contribution in [0.5, 0.6) is 5.88 Å². The predicted octanol–water partition coefficient (Wildman–Crippen LogP) is 3.29. The summed E-state index contributed by atoms with van der Waals surface area (Å²) >= 11 is 6.01. The van der Waals surface area contributed by atoms with Gasteiger partial charge in [0.2, 0.25) is 5.88 Å². The molecular weight excluding hydrogens is 212 g/mol. The van der Waals surface area contributed by atoms with Crippen molar-refractivity contribution in [3.63, 3.8) is 0 Å². The average Bonchev–Trinajstić information content (AvgIpc) is 2.13. The van der Waals surface area contributed by atoms with E-state index in [-0.39, 0.29) is 5.92 Å². The fraction of sp³-hybridized carbons (Fsp3) is 0.636. The zero-order valence-electron chi connectivity index (χ0n) is 9.62. The fourth-order valence-electron chi connectivity index (χ4n) is 1.21. The van der Waals surface area contributed by atoms with E-state index in [1.165, 1.54) is 6.33 Å². The van der Waals surface area contributed by atoms with E-state index in [4.69, 9.17) is 16.3 Å². The van der Waals surface area contributed by atoms with E-state index in [0.717, 1.165) is 5.56 Å². The molecule has 0 fully saturated rings. The summed E-state index contributed by atoms with van der Waals surface area (Å²) in [7, 11) is 0. The fourth-order valence-corrected chi connectivity index (χ4v) is 1.55. The van der Waals surface area contributed by atoms with Gasteiger partial charge in [-0.1, -0.05) is 39.3 Å². The maximum atomic E-state index is 6.01. The van der Waals surface area contributed by atoms with Gasteiger partial charge in [0.05, 0.1) is 12.2 Å². The van der Waals surface area contributed by atoms with E-state index in [9.17, 15) is 0 Å². The molecule has 84 valence electrons. The predicted molar refractivity (Wildman–Crippen MR) is 61.5 cm³/mol. The van der Waals surface area contributed by atoms with Crippen molar-refractivity contribution in [2.45, 2.75) is 33.6 Å². The van der Waals surface area contributed by atoms with Crippen molar-refractivity contribution >= 4 is 11.6 Å². The van der Waals surface area contributed by atoms with Crippen LogP contribution in [0.2, 0.25) is 5.15 Å². The van der Waals surface area contributed by atoms with Gasteiger partial charge in [0.25, 0.3) is 0 Å². The van der Waals surface area contributed by atoms with Crippen LogP contribution in [0.15, 0.2) is 6.33 Å². The highest BCUT2D eigenvalue weighted by molar-refractivity contribution is 6.30. The van der Waals surface area contributed by atoms with Gasteiger partial charge in [-0.3, -0.25) is 0 Å². The molecule has 15 heavy (non-hydrogen) atoms. The number of ether oxygens (including phenoxy) is 1. The van der Waals surface area contributed by atoms with Crippen molar-refractivity contribution in [2.75, 3.05) is 6.61 Å². The lowest BCUT2D eigenvalue weighted by Gasteiger charge is -2.14. The number of hydrogen-bond acceptors (Lipinski definition) is 3. The van der Waals surface area contributed by atoms with Gasteiger partial charge < -0.3 is 4.74 Å². The SMILES string of the molecule is CC(C)COc1ncnc(Cl)c1C(C)C. The molecule has 1 aromatic heterocycles. The minimum atomic E-state index is 0.265. The normalized spacial score (nSPS) is 11.1. The Morgan fingerprint density at radius 1 is 1.27 bits per heavy atom. The standard InChI is InChI=1S/C11H17ClN2O/c1-7(2)5-15-11-9(8(3)4)10(12)13-6-14-11/h6-8H,5H2,1-4H3. The molecule has 0 atom stereocenters. The minimum Gasteiger partial charge on any atom is -0.477 e. The zero-order chi connectivity index (χ0) is 11.4. The lowest BCUT2D eigenvalue weighted by Crippen LogP contribution is -2.09. The summed E-state index contributed by atoms with van der Waals surface area (Å²) in [6, 6.07) is 0. The molecule has 0 amide bonds. The average molecular weight is 229 g/mol. The monoisotopic (exact) mass is 228 g/mol. The molecule has 1 rings (SSSR count). The summed E-state index contributed by atoms with van der Waals surface area (Å²) < 4.78 is 5.61. The lowest BCUT2D eigenvalue weighted by atomic mass is 10.1. The smallest absolute Gasteiger partial charge is 0.221 e. The van der Waals surface area contributed by atoms with Crippen molar-refractivity contribution in [2.24, 2.45) is 5.92 Å². The summed E-state index contributed by atoms with van der Waals surface area (Å²) in [4.78, 5) is 8.08. The summed E-state index contributed by atoms with van der Waals surface area (Å²) in [5.74, 6) is 1.35. The molecule has 0 aliphatic heterocycles. The highest BCUT2D eigenvalue weighted by Crippen LogP contribution is 2.29. The van der Waals surface area contributed by atoms with Gasteiger partial charge in [-0.15, -0.1) is 0 Å². The van der Waals surface area contributed by atoms with Gasteiger partial charge in [-0.2, -0.15) is 0 Å². The second kappa shape index (κ2) is 5.31. The van der Waals surface area contributed by atoms with Gasteiger partial charge in [0.1, 0.15) is 11.5 Å². The first-order chi connectivity index (χ1) is 7.02. The lowest BCUT2D eigenvalue weighted by molar-refractivity contribution is 0.257. The van der Waals surface area contributed by atoms with Crippen molar-refractivity contribution in [1.82, 2.24) is 9.97 Å². The van der Waals surface area contributed by atoms with Crippen LogP contribution in [0.25, 0.3) is 0 Å². The largest absolute Gasteiger partial charge is 0.477 e. The Labute approximate surface area is 95.8 Å². The molecule has 4 heteroatoms. The minimum absolute atomic E-state index is 0.265. The van der Waals surface area contributed by atoms with E-state index in [0.29, 0.717) is 23.6 Å². The van der Waals surface area contributed by atoms with Crippen molar-refractivity contribution in [3.8, 4) is 5.88 Å². The van der Waals surface area contributed by atoms with Crippen LogP contribution < -0.4 is 4.74 Å². The van der Waals surface area contributed by atoms with Crippen LogP contribution in [0.3, 0.4) is 0 Å². The third kappa shape index (κ3) is 3.34. The molecular formula is C11H17ClN2O. The molecule has 0 aromatic carbocycles. The van der Waals surface area contributed by atoms with Crippen LogP contribution in [-0.4, -0.2) is 16.6 Å². The maximum absolute atomic E-state index is 6.01. The third-order valence-electron chi connectivity index (χ3n) is 1.93. The highest BCUT2D eigenvalue weighted by Gasteiger charge is 2.14. The molecule has 0 saturated heterocycles. The molecule has 0 saturated carbocycles. The second-order valence-electron chi connectivity index (χ2n) is 4.24. The number of halogens is 1. The molecule has 1 aromatic rings. The quantitative estimate of drug-likeness (QED) is 0.742. The Morgan fingerprint density at radius 2 is 1.93 bits per heavy atom. The first-order valence-corrected chi connectivity index (χ1v) is 5.53. The number of aromatic nitrogens is 2. The topological polar surface area (TPSA) is 35.0 Å². The molecule has 0 spiro atoms.